The Bertz CT molecular complexity index is 763. The van der Waals surface area contributed by atoms with Crippen LogP contribution in [-0.2, 0) is 17.1 Å². The van der Waals surface area contributed by atoms with Crippen LogP contribution in [-0.4, -0.2) is 18.2 Å². The molecule has 2 aromatic rings. The van der Waals surface area contributed by atoms with Gasteiger partial charge in [-0.15, -0.1) is 0 Å². The molecule has 2 rings (SSSR count). The predicted molar refractivity (Wildman–Crippen MR) is 82.6 cm³/mol. The van der Waals surface area contributed by atoms with Gasteiger partial charge in [0.15, 0.2) is 0 Å². The van der Waals surface area contributed by atoms with Gasteiger partial charge in [0, 0.05) is 24.3 Å². The molecule has 0 fully saturated rings. The lowest BCUT2D eigenvalue weighted by molar-refractivity contribution is 0.565. The minimum atomic E-state index is -3.55. The minimum absolute atomic E-state index is 0.321. The normalized spacial score (nSPS) is 13.4. The highest BCUT2D eigenvalue weighted by atomic mass is 32.2. The molecule has 0 bridgehead atoms. The lowest BCUT2D eigenvalue weighted by Gasteiger charge is -2.15. The lowest BCUT2D eigenvalue weighted by Crippen LogP contribution is -2.27. The Balaban J connectivity index is 2.31. The first-order valence-electron chi connectivity index (χ1n) is 6.80. The second-order valence-corrected chi connectivity index (χ2v) is 7.10. The zero-order chi connectivity index (χ0) is 15.8. The first-order chi connectivity index (χ1) is 9.72. The van der Waals surface area contributed by atoms with E-state index in [2.05, 4.69) is 9.82 Å². The third kappa shape index (κ3) is 3.16. The van der Waals surface area contributed by atoms with Crippen molar-refractivity contribution in [1.82, 2.24) is 14.5 Å². The predicted octanol–water partition coefficient (Wildman–Crippen LogP) is 2.38. The van der Waals surface area contributed by atoms with Gasteiger partial charge in [0.05, 0.1) is 11.1 Å². The second-order valence-electron chi connectivity index (χ2n) is 5.42. The van der Waals surface area contributed by atoms with Crippen LogP contribution < -0.4 is 4.72 Å². The van der Waals surface area contributed by atoms with Crippen LogP contribution in [0.15, 0.2) is 29.3 Å². The molecule has 0 amide bonds. The van der Waals surface area contributed by atoms with Gasteiger partial charge in [0.25, 0.3) is 0 Å². The highest BCUT2D eigenvalue weighted by Crippen LogP contribution is 2.21. The molecule has 0 spiro atoms. The molecule has 114 valence electrons. The fraction of sp³-hybridized carbons (Fsp3) is 0.400. The molecule has 1 heterocycles. The Labute approximate surface area is 126 Å². The Morgan fingerprint density at radius 2 is 1.90 bits per heavy atom. The molecular weight excluding hydrogens is 286 g/mol. The molecule has 1 atom stereocenters. The summed E-state index contributed by atoms with van der Waals surface area (Å²) in [6, 6.07) is 5.00. The van der Waals surface area contributed by atoms with Gasteiger partial charge in [-0.05, 0) is 39.3 Å². The van der Waals surface area contributed by atoms with Gasteiger partial charge in [0.1, 0.15) is 0 Å². The number of nitrogens with zero attached hydrogens (tertiary/aromatic N) is 2. The molecule has 1 aromatic carbocycles. The Hall–Kier alpha value is -1.66. The van der Waals surface area contributed by atoms with Crippen LogP contribution in [0.25, 0.3) is 0 Å². The first-order valence-corrected chi connectivity index (χ1v) is 8.29. The summed E-state index contributed by atoms with van der Waals surface area (Å²) in [5.74, 6) is 0. The van der Waals surface area contributed by atoms with E-state index >= 15 is 0 Å². The monoisotopic (exact) mass is 307 g/mol. The summed E-state index contributed by atoms with van der Waals surface area (Å²) in [6.45, 7) is 7.50. The summed E-state index contributed by atoms with van der Waals surface area (Å²) in [6.07, 6.45) is 1.70. The van der Waals surface area contributed by atoms with Crippen LogP contribution in [0.4, 0.5) is 0 Å². The number of rotatable bonds is 4. The van der Waals surface area contributed by atoms with Gasteiger partial charge in [-0.25, -0.2) is 13.1 Å². The van der Waals surface area contributed by atoms with E-state index in [0.717, 1.165) is 22.4 Å². The van der Waals surface area contributed by atoms with Gasteiger partial charge in [-0.2, -0.15) is 5.10 Å². The number of aromatic nitrogens is 2. The Morgan fingerprint density at radius 3 is 2.43 bits per heavy atom. The fourth-order valence-corrected chi connectivity index (χ4v) is 3.85. The topological polar surface area (TPSA) is 64.0 Å². The van der Waals surface area contributed by atoms with E-state index in [1.54, 1.807) is 16.9 Å². The summed E-state index contributed by atoms with van der Waals surface area (Å²) in [5, 5.41) is 4.15. The first kappa shape index (κ1) is 15.7. The van der Waals surface area contributed by atoms with Crippen molar-refractivity contribution in [2.75, 3.05) is 0 Å². The van der Waals surface area contributed by atoms with Crippen LogP contribution >= 0.6 is 0 Å². The molecule has 0 saturated carbocycles. The molecule has 1 N–H and O–H groups in total. The van der Waals surface area contributed by atoms with E-state index in [1.807, 2.05) is 46.9 Å². The number of sulfonamides is 1. The molecule has 21 heavy (non-hydrogen) atoms. The fourth-order valence-electron chi connectivity index (χ4n) is 2.40. The number of nitrogens with one attached hydrogen (secondary N) is 1. The second kappa shape index (κ2) is 5.61. The number of hydrogen-bond donors (Lipinski definition) is 1. The largest absolute Gasteiger partial charge is 0.273 e. The molecule has 0 aliphatic heterocycles. The van der Waals surface area contributed by atoms with Crippen molar-refractivity contribution < 1.29 is 8.42 Å². The Kier molecular flexibility index (Phi) is 4.20. The molecule has 1 aromatic heterocycles. The molecule has 0 aliphatic rings. The molecular formula is C15H21N3O2S. The van der Waals surface area contributed by atoms with Crippen molar-refractivity contribution in [3.63, 3.8) is 0 Å². The van der Waals surface area contributed by atoms with Gasteiger partial charge in [0.2, 0.25) is 10.0 Å². The SMILES string of the molecule is Cc1ccc(S(=O)(=O)NC(C)c2cnn(C)c2C)c(C)c1. The molecule has 6 heteroatoms. The van der Waals surface area contributed by atoms with Crippen molar-refractivity contribution in [2.24, 2.45) is 7.05 Å². The quantitative estimate of drug-likeness (QED) is 0.943. The van der Waals surface area contributed by atoms with Gasteiger partial charge >= 0.3 is 0 Å². The summed E-state index contributed by atoms with van der Waals surface area (Å²) in [7, 11) is -1.71. The van der Waals surface area contributed by atoms with E-state index in [0.29, 0.717) is 4.90 Å². The summed E-state index contributed by atoms with van der Waals surface area (Å²) in [5.41, 5.74) is 3.62. The van der Waals surface area contributed by atoms with Gasteiger partial charge in [-0.1, -0.05) is 17.7 Å². The summed E-state index contributed by atoms with van der Waals surface area (Å²) < 4.78 is 29.5. The van der Waals surface area contributed by atoms with Crippen LogP contribution in [0.1, 0.15) is 35.3 Å². The molecule has 0 radical (unpaired) electrons. The molecule has 0 aliphatic carbocycles. The van der Waals surface area contributed by atoms with Crippen molar-refractivity contribution in [2.45, 2.75) is 38.6 Å². The standard InChI is InChI=1S/C15H21N3O2S/c1-10-6-7-15(11(2)8-10)21(19,20)17-12(3)14-9-16-18(5)13(14)4/h6-9,12,17H,1-5H3. The number of hydrogen-bond acceptors (Lipinski definition) is 3. The Morgan fingerprint density at radius 1 is 1.24 bits per heavy atom. The van der Waals surface area contributed by atoms with Crippen molar-refractivity contribution in [3.8, 4) is 0 Å². The van der Waals surface area contributed by atoms with E-state index in [4.69, 9.17) is 0 Å². The highest BCUT2D eigenvalue weighted by molar-refractivity contribution is 7.89. The van der Waals surface area contributed by atoms with Crippen LogP contribution in [0, 0.1) is 20.8 Å². The van der Waals surface area contributed by atoms with Gasteiger partial charge < -0.3 is 0 Å². The number of aryl methyl sites for hydroxylation is 3. The zero-order valence-electron chi connectivity index (χ0n) is 13.0. The van der Waals surface area contributed by atoms with Crippen LogP contribution in [0.5, 0.6) is 0 Å². The van der Waals surface area contributed by atoms with E-state index in [1.165, 1.54) is 0 Å². The maximum Gasteiger partial charge on any atom is 0.241 e. The van der Waals surface area contributed by atoms with E-state index in [-0.39, 0.29) is 6.04 Å². The lowest BCUT2D eigenvalue weighted by atomic mass is 10.1. The average Bonchev–Trinajstić information content (AvgIpc) is 2.68. The smallest absolute Gasteiger partial charge is 0.241 e. The van der Waals surface area contributed by atoms with Crippen molar-refractivity contribution in [3.05, 3.63) is 46.8 Å². The maximum atomic E-state index is 12.5. The molecule has 0 saturated heterocycles. The summed E-state index contributed by atoms with van der Waals surface area (Å²) >= 11 is 0. The van der Waals surface area contributed by atoms with Crippen molar-refractivity contribution >= 4 is 10.0 Å². The molecule has 5 nitrogen and oxygen atoms in total. The minimum Gasteiger partial charge on any atom is -0.273 e. The third-order valence-electron chi connectivity index (χ3n) is 3.69. The van der Waals surface area contributed by atoms with Crippen LogP contribution in [0.2, 0.25) is 0 Å². The van der Waals surface area contributed by atoms with E-state index < -0.39 is 10.0 Å². The maximum absolute atomic E-state index is 12.5. The molecule has 1 unspecified atom stereocenters. The number of benzene rings is 1. The third-order valence-corrected chi connectivity index (χ3v) is 5.39. The van der Waals surface area contributed by atoms with E-state index in [9.17, 15) is 8.42 Å². The highest BCUT2D eigenvalue weighted by Gasteiger charge is 2.22. The van der Waals surface area contributed by atoms with Crippen molar-refractivity contribution in [1.29, 1.82) is 0 Å². The van der Waals surface area contributed by atoms with Gasteiger partial charge in [-0.3, -0.25) is 4.68 Å². The zero-order valence-corrected chi connectivity index (χ0v) is 13.8. The van der Waals surface area contributed by atoms with Crippen LogP contribution in [0.3, 0.4) is 0 Å². The average molecular weight is 307 g/mol. The summed E-state index contributed by atoms with van der Waals surface area (Å²) in [4.78, 5) is 0.321.